The summed E-state index contributed by atoms with van der Waals surface area (Å²) in [5.74, 6) is -0.287. The molecule has 0 amide bonds. The van der Waals surface area contributed by atoms with Gasteiger partial charge in [-0.1, -0.05) is 29.3 Å². The molecular formula is C16H17Cl2NOS. The summed E-state index contributed by atoms with van der Waals surface area (Å²) in [6.07, 6.45) is 2.78. The van der Waals surface area contributed by atoms with Gasteiger partial charge in [-0.3, -0.25) is 0 Å². The normalized spacial score (nSPS) is 16.8. The number of benzene rings is 1. The van der Waals surface area contributed by atoms with E-state index in [2.05, 4.69) is 6.07 Å². The lowest BCUT2D eigenvalue weighted by Gasteiger charge is -2.23. The van der Waals surface area contributed by atoms with Gasteiger partial charge in [0.2, 0.25) is 0 Å². The molecule has 0 spiro atoms. The number of hydrogen-bond acceptors (Lipinski definition) is 3. The highest BCUT2D eigenvalue weighted by molar-refractivity contribution is 7.12. The standard InChI is InChI=1S/C16H17Cl2NOS/c17-11-4-2-5-12(18)15(11)10(8-19)16(20)14-7-9-3-1-6-13(9)21-14/h2,4-5,7,10,16,20H,1,3,6,8,19H2. The molecule has 5 heteroatoms. The summed E-state index contributed by atoms with van der Waals surface area (Å²) in [6, 6.07) is 7.48. The molecule has 2 atom stereocenters. The third kappa shape index (κ3) is 2.86. The molecule has 1 aliphatic carbocycles. The summed E-state index contributed by atoms with van der Waals surface area (Å²) in [5.41, 5.74) is 8.01. The first-order valence-corrected chi connectivity index (χ1v) is 8.62. The van der Waals surface area contributed by atoms with E-state index in [4.69, 9.17) is 28.9 Å². The maximum absolute atomic E-state index is 10.8. The summed E-state index contributed by atoms with van der Waals surface area (Å²) in [6.45, 7) is 0.299. The number of nitrogens with two attached hydrogens (primary N) is 1. The molecular weight excluding hydrogens is 325 g/mol. The third-order valence-corrected chi connectivity index (χ3v) is 6.03. The summed E-state index contributed by atoms with van der Waals surface area (Å²) < 4.78 is 0. The fraction of sp³-hybridized carbons (Fsp3) is 0.375. The Kier molecular flexibility index (Phi) is 4.57. The van der Waals surface area contributed by atoms with Gasteiger partial charge in [0.25, 0.3) is 0 Å². The Balaban J connectivity index is 1.95. The van der Waals surface area contributed by atoms with Crippen molar-refractivity contribution in [2.75, 3.05) is 6.54 Å². The molecule has 0 saturated carbocycles. The van der Waals surface area contributed by atoms with Crippen LogP contribution in [0.2, 0.25) is 10.0 Å². The molecule has 0 saturated heterocycles. The van der Waals surface area contributed by atoms with Crippen LogP contribution >= 0.6 is 34.5 Å². The van der Waals surface area contributed by atoms with Crippen molar-refractivity contribution in [3.05, 3.63) is 55.2 Å². The fourth-order valence-corrected chi connectivity index (χ4v) is 4.95. The molecule has 1 aromatic heterocycles. The van der Waals surface area contributed by atoms with Crippen LogP contribution in [0.4, 0.5) is 0 Å². The number of halogens is 2. The highest BCUT2D eigenvalue weighted by Crippen LogP contribution is 2.42. The van der Waals surface area contributed by atoms with Gasteiger partial charge in [0.05, 0.1) is 6.10 Å². The van der Waals surface area contributed by atoms with Gasteiger partial charge in [0, 0.05) is 32.3 Å². The molecule has 0 aliphatic heterocycles. The van der Waals surface area contributed by atoms with Gasteiger partial charge in [-0.2, -0.15) is 0 Å². The van der Waals surface area contributed by atoms with Crippen molar-refractivity contribution in [3.8, 4) is 0 Å². The fourth-order valence-electron chi connectivity index (χ4n) is 2.97. The molecule has 0 bridgehead atoms. The van der Waals surface area contributed by atoms with Crippen molar-refractivity contribution < 1.29 is 5.11 Å². The zero-order valence-electron chi connectivity index (χ0n) is 11.5. The lowest BCUT2D eigenvalue weighted by Crippen LogP contribution is -2.20. The first kappa shape index (κ1) is 15.3. The molecule has 21 heavy (non-hydrogen) atoms. The van der Waals surface area contributed by atoms with Crippen LogP contribution in [0, 0.1) is 0 Å². The van der Waals surface area contributed by atoms with Crippen molar-refractivity contribution in [2.45, 2.75) is 31.3 Å². The van der Waals surface area contributed by atoms with Gasteiger partial charge in [-0.25, -0.2) is 0 Å². The van der Waals surface area contributed by atoms with Crippen molar-refractivity contribution >= 4 is 34.5 Å². The second-order valence-electron chi connectivity index (χ2n) is 5.37. The highest BCUT2D eigenvalue weighted by Gasteiger charge is 2.28. The van der Waals surface area contributed by atoms with Crippen LogP contribution in [0.15, 0.2) is 24.3 Å². The minimum Gasteiger partial charge on any atom is -0.387 e. The number of thiophene rings is 1. The quantitative estimate of drug-likeness (QED) is 0.869. The Morgan fingerprint density at radius 1 is 1.24 bits per heavy atom. The van der Waals surface area contributed by atoms with E-state index in [9.17, 15) is 5.11 Å². The lowest BCUT2D eigenvalue weighted by atomic mass is 9.92. The number of fused-ring (bicyclic) bond motifs is 1. The van der Waals surface area contributed by atoms with Crippen LogP contribution in [0.1, 0.15) is 39.3 Å². The number of aliphatic hydroxyl groups is 1. The number of hydrogen-bond donors (Lipinski definition) is 2. The largest absolute Gasteiger partial charge is 0.387 e. The van der Waals surface area contributed by atoms with Crippen molar-refractivity contribution in [2.24, 2.45) is 5.73 Å². The molecule has 2 unspecified atom stereocenters. The molecule has 1 aromatic carbocycles. The smallest absolute Gasteiger partial charge is 0.0963 e. The summed E-state index contributed by atoms with van der Waals surface area (Å²) in [5, 5.41) is 11.9. The van der Waals surface area contributed by atoms with E-state index in [-0.39, 0.29) is 5.92 Å². The van der Waals surface area contributed by atoms with E-state index in [0.29, 0.717) is 16.6 Å². The predicted molar refractivity (Wildman–Crippen MR) is 89.6 cm³/mol. The number of aliphatic hydroxyl groups excluding tert-OH is 1. The van der Waals surface area contributed by atoms with Gasteiger partial charge in [-0.05, 0) is 48.6 Å². The van der Waals surface area contributed by atoms with Crippen LogP contribution in [0.25, 0.3) is 0 Å². The van der Waals surface area contributed by atoms with E-state index in [1.807, 2.05) is 0 Å². The molecule has 1 heterocycles. The zero-order chi connectivity index (χ0) is 15.0. The molecule has 112 valence electrons. The van der Waals surface area contributed by atoms with Crippen molar-refractivity contribution in [1.82, 2.24) is 0 Å². The Morgan fingerprint density at radius 3 is 2.57 bits per heavy atom. The lowest BCUT2D eigenvalue weighted by molar-refractivity contribution is 0.151. The Morgan fingerprint density at radius 2 is 1.95 bits per heavy atom. The Labute approximate surface area is 138 Å². The van der Waals surface area contributed by atoms with E-state index < -0.39 is 6.10 Å². The van der Waals surface area contributed by atoms with Crippen molar-refractivity contribution in [1.29, 1.82) is 0 Å². The van der Waals surface area contributed by atoms with Crippen LogP contribution in [-0.2, 0) is 12.8 Å². The highest BCUT2D eigenvalue weighted by atomic mass is 35.5. The van der Waals surface area contributed by atoms with Gasteiger partial charge in [0.1, 0.15) is 0 Å². The SMILES string of the molecule is NCC(c1c(Cl)cccc1Cl)C(O)c1cc2c(s1)CCC2. The second kappa shape index (κ2) is 6.27. The Bertz CT molecular complexity index is 614. The second-order valence-corrected chi connectivity index (χ2v) is 7.36. The van der Waals surface area contributed by atoms with Gasteiger partial charge in [-0.15, -0.1) is 11.3 Å². The van der Waals surface area contributed by atoms with Crippen LogP contribution in [0.5, 0.6) is 0 Å². The van der Waals surface area contributed by atoms with Crippen LogP contribution in [-0.4, -0.2) is 11.7 Å². The molecule has 0 fully saturated rings. The summed E-state index contributed by atoms with van der Waals surface area (Å²) >= 11 is 14.2. The minimum absolute atomic E-state index is 0.287. The number of rotatable bonds is 4. The topological polar surface area (TPSA) is 46.2 Å². The average Bonchev–Trinajstić information content (AvgIpc) is 3.03. The molecule has 3 rings (SSSR count). The van der Waals surface area contributed by atoms with E-state index >= 15 is 0 Å². The summed E-state index contributed by atoms with van der Waals surface area (Å²) in [7, 11) is 0. The van der Waals surface area contributed by atoms with Gasteiger partial charge >= 0.3 is 0 Å². The molecule has 0 radical (unpaired) electrons. The van der Waals surface area contributed by atoms with Crippen molar-refractivity contribution in [3.63, 3.8) is 0 Å². The molecule has 2 aromatic rings. The third-order valence-electron chi connectivity index (χ3n) is 4.06. The minimum atomic E-state index is -0.664. The Hall–Kier alpha value is -0.580. The van der Waals surface area contributed by atoms with E-state index in [1.165, 1.54) is 16.9 Å². The molecule has 1 aliphatic rings. The van der Waals surface area contributed by atoms with E-state index in [1.54, 1.807) is 29.5 Å². The number of aryl methyl sites for hydroxylation is 2. The molecule has 2 nitrogen and oxygen atoms in total. The maximum Gasteiger partial charge on any atom is 0.0963 e. The summed E-state index contributed by atoms with van der Waals surface area (Å²) in [4.78, 5) is 2.36. The first-order valence-electron chi connectivity index (χ1n) is 7.05. The first-order chi connectivity index (χ1) is 10.1. The zero-order valence-corrected chi connectivity index (χ0v) is 13.8. The van der Waals surface area contributed by atoms with Gasteiger partial charge < -0.3 is 10.8 Å². The van der Waals surface area contributed by atoms with Gasteiger partial charge in [0.15, 0.2) is 0 Å². The average molecular weight is 342 g/mol. The van der Waals surface area contributed by atoms with E-state index in [0.717, 1.165) is 23.3 Å². The predicted octanol–water partition coefficient (Wildman–Crippen LogP) is 4.32. The van der Waals surface area contributed by atoms with Crippen LogP contribution in [0.3, 0.4) is 0 Å². The molecule has 3 N–H and O–H groups in total. The van der Waals surface area contributed by atoms with Crippen LogP contribution < -0.4 is 5.73 Å². The monoisotopic (exact) mass is 341 g/mol. The maximum atomic E-state index is 10.8.